The quantitative estimate of drug-likeness (QED) is 0.186. The number of nitrogens with zero attached hydrogens (tertiary/aromatic N) is 2. The minimum atomic E-state index is -4.52. The second kappa shape index (κ2) is 15.8. The van der Waals surface area contributed by atoms with Crippen molar-refractivity contribution in [3.8, 4) is 17.6 Å². The maximum absolute atomic E-state index is 13.6. The molecule has 0 aliphatic rings. The van der Waals surface area contributed by atoms with E-state index in [2.05, 4.69) is 22.9 Å². The van der Waals surface area contributed by atoms with E-state index in [1.165, 1.54) is 0 Å². The number of halogens is 2. The zero-order valence-corrected chi connectivity index (χ0v) is 27.8. The summed E-state index contributed by atoms with van der Waals surface area (Å²) in [6, 6.07) is 30.5. The minimum absolute atomic E-state index is 0. The van der Waals surface area contributed by atoms with Crippen molar-refractivity contribution in [1.82, 2.24) is 0 Å². The fourth-order valence-corrected chi connectivity index (χ4v) is 5.59. The average molecular weight is 649 g/mol. The van der Waals surface area contributed by atoms with Crippen LogP contribution in [0.15, 0.2) is 108 Å². The van der Waals surface area contributed by atoms with Crippen molar-refractivity contribution in [2.75, 3.05) is 6.61 Å². The van der Waals surface area contributed by atoms with Crippen LogP contribution >= 0.6 is 0 Å². The number of ether oxygens (including phenoxy) is 2. The Bertz CT molecular complexity index is 2010. The zero-order chi connectivity index (χ0) is 31.8. The number of carbonyl (C=O) groups excluding carboxylic acids is 1. The molecule has 0 aliphatic heterocycles. The summed E-state index contributed by atoms with van der Waals surface area (Å²) in [4.78, 5) is 11.9. The molecule has 0 N–H and O–H groups in total. The predicted molar refractivity (Wildman–Crippen MR) is 165 cm³/mol. The molecule has 0 fully saturated rings. The predicted octanol–water partition coefficient (Wildman–Crippen LogP) is 4.42. The Morgan fingerprint density at radius 1 is 0.783 bits per heavy atom. The van der Waals surface area contributed by atoms with Crippen molar-refractivity contribution in [2.24, 2.45) is 0 Å². The van der Waals surface area contributed by atoms with Crippen LogP contribution in [0.3, 0.4) is 0 Å². The van der Waals surface area contributed by atoms with Gasteiger partial charge in [0, 0.05) is 6.42 Å². The van der Waals surface area contributed by atoms with E-state index in [1.54, 1.807) is 42.5 Å². The number of aryl methyl sites for hydroxylation is 1. The van der Waals surface area contributed by atoms with Crippen LogP contribution in [-0.2, 0) is 34.3 Å². The molecule has 0 spiro atoms. The molecule has 0 aliphatic carbocycles. The number of hydrogen-bond donors (Lipinski definition) is 0. The van der Waals surface area contributed by atoms with Crippen molar-refractivity contribution in [3.05, 3.63) is 142 Å². The first-order chi connectivity index (χ1) is 21.7. The first-order valence-electron chi connectivity index (χ1n) is 14.0. The maximum atomic E-state index is 13.6. The molecule has 0 atom stereocenters. The number of rotatable bonds is 12. The average Bonchev–Trinajstić information content (AvgIpc) is 3.04. The van der Waals surface area contributed by atoms with Crippen LogP contribution in [0.4, 0.5) is 8.78 Å². The Morgan fingerprint density at radius 2 is 1.57 bits per heavy atom. The molecule has 0 unspecified atom stereocenters. The van der Waals surface area contributed by atoms with Crippen LogP contribution in [0.5, 0.6) is 11.5 Å². The van der Waals surface area contributed by atoms with Gasteiger partial charge in [-0.2, -0.15) is 5.26 Å². The van der Waals surface area contributed by atoms with E-state index in [0.717, 1.165) is 28.0 Å². The first-order valence-corrected chi connectivity index (χ1v) is 15.5. The Kier molecular flexibility index (Phi) is 11.9. The topological polar surface area (TPSA) is 108 Å². The summed E-state index contributed by atoms with van der Waals surface area (Å²) in [7, 11) is -4.52. The summed E-state index contributed by atoms with van der Waals surface area (Å²) in [6.07, 6.45) is 0.472. The molecule has 0 bridgehead atoms. The minimum Gasteiger partial charge on any atom is -0.542 e. The van der Waals surface area contributed by atoms with Crippen LogP contribution in [-0.4, -0.2) is 20.9 Å². The van der Waals surface area contributed by atoms with Crippen LogP contribution in [0, 0.1) is 23.0 Å². The zero-order valence-electron chi connectivity index (χ0n) is 25.0. The fourth-order valence-electron chi connectivity index (χ4n) is 4.64. The van der Waals surface area contributed by atoms with Gasteiger partial charge >= 0.3 is 29.6 Å². The van der Waals surface area contributed by atoms with Gasteiger partial charge in [0.2, 0.25) is 0 Å². The smallest absolute Gasteiger partial charge is 0.542 e. The number of hydrogen-bond acceptors (Lipinski definition) is 6. The normalized spacial score (nSPS) is 10.9. The van der Waals surface area contributed by atoms with Crippen molar-refractivity contribution >= 4 is 26.7 Å². The van der Waals surface area contributed by atoms with E-state index in [-0.39, 0.29) is 49.0 Å². The van der Waals surface area contributed by atoms with Crippen LogP contribution < -0.4 is 39.0 Å². The van der Waals surface area contributed by atoms with Gasteiger partial charge in [-0.1, -0.05) is 60.7 Å². The van der Waals surface area contributed by atoms with Crippen LogP contribution in [0.2, 0.25) is 0 Å². The number of benzene rings is 5. The molecule has 5 aromatic carbocycles. The van der Waals surface area contributed by atoms with E-state index in [9.17, 15) is 22.0 Å². The van der Waals surface area contributed by atoms with Crippen molar-refractivity contribution in [1.29, 1.82) is 5.26 Å². The molecule has 0 aromatic heterocycles. The van der Waals surface area contributed by atoms with Gasteiger partial charge in [-0.3, -0.25) is 0 Å². The summed E-state index contributed by atoms with van der Waals surface area (Å²) < 4.78 is 67.1. The van der Waals surface area contributed by atoms with Gasteiger partial charge in [0.1, 0.15) is 28.1 Å². The van der Waals surface area contributed by atoms with Gasteiger partial charge in [-0.15, -0.1) is 0 Å². The Morgan fingerprint density at radius 3 is 2.35 bits per heavy atom. The molecule has 0 heterocycles. The monoisotopic (exact) mass is 648 g/mol. The van der Waals surface area contributed by atoms with Crippen molar-refractivity contribution in [3.63, 3.8) is 0 Å². The van der Waals surface area contributed by atoms with E-state index in [0.29, 0.717) is 47.8 Å². The van der Waals surface area contributed by atoms with E-state index < -0.39 is 32.5 Å². The standard InChI is InChI=1S/C35H28F2N2O5S.Na/c36-32-14-13-31(21-33(32)37)45(41,42)39-35(40)15-12-28-11-9-26(23-44-30-7-3-4-25(19-30)22-38)20-34(28)43-17-16-24-8-10-27-5-1-2-6-29(27)18-24;/h1-11,13-14,18-21H,12,15-17,23H2,(H,39,40);/q;+1/p-1. The summed E-state index contributed by atoms with van der Waals surface area (Å²) in [5.74, 6) is -2.47. The second-order valence-electron chi connectivity index (χ2n) is 10.2. The first kappa shape index (κ1) is 34.6. The third-order valence-corrected chi connectivity index (χ3v) is 8.28. The maximum Gasteiger partial charge on any atom is 1.00 e. The van der Waals surface area contributed by atoms with Gasteiger partial charge in [0.05, 0.1) is 29.0 Å². The van der Waals surface area contributed by atoms with Crippen LogP contribution in [0.25, 0.3) is 15.5 Å². The Labute approximate surface area is 288 Å². The molecule has 0 radical (unpaired) electrons. The Hall–Kier alpha value is -4.27. The van der Waals surface area contributed by atoms with Crippen LogP contribution in [0.1, 0.15) is 28.7 Å². The summed E-state index contributed by atoms with van der Waals surface area (Å²) in [5.41, 5.74) is 2.99. The van der Waals surface area contributed by atoms with Gasteiger partial charge < -0.3 is 19.0 Å². The summed E-state index contributed by atoms with van der Waals surface area (Å²) in [5, 5.41) is 11.4. The largest absolute Gasteiger partial charge is 1.00 e. The molecular formula is C35H27F2N2NaO5S. The van der Waals surface area contributed by atoms with Gasteiger partial charge in [-0.25, -0.2) is 17.2 Å². The van der Waals surface area contributed by atoms with Crippen molar-refractivity contribution in [2.45, 2.75) is 30.8 Å². The third-order valence-electron chi connectivity index (χ3n) is 6.98. The molecule has 11 heteroatoms. The van der Waals surface area contributed by atoms with E-state index >= 15 is 0 Å². The number of sulfonamides is 1. The summed E-state index contributed by atoms with van der Waals surface area (Å²) >= 11 is 0. The molecule has 1 amide bonds. The molecule has 228 valence electrons. The van der Waals surface area contributed by atoms with Gasteiger partial charge in [0.15, 0.2) is 11.6 Å². The molecule has 0 saturated heterocycles. The number of carbonyl (C=O) groups is 1. The summed E-state index contributed by atoms with van der Waals surface area (Å²) in [6.45, 7) is 0.527. The SMILES string of the molecule is N#Cc1cccc(OCc2ccc(CCC(=O)[N-]S(=O)(=O)c3ccc(F)c(F)c3)c(OCCc3ccc4ccccc4c3)c2)c1.[Na+]. The second-order valence-corrected chi connectivity index (χ2v) is 11.8. The number of fused-ring (bicyclic) bond motifs is 1. The molecule has 7 nitrogen and oxygen atoms in total. The molecular weight excluding hydrogens is 621 g/mol. The van der Waals surface area contributed by atoms with Crippen molar-refractivity contribution < 1.29 is 61.0 Å². The van der Waals surface area contributed by atoms with Gasteiger partial charge in [-0.05, 0) is 82.8 Å². The molecule has 5 aromatic rings. The Balaban J connectivity index is 0.00000480. The van der Waals surface area contributed by atoms with E-state index in [1.807, 2.05) is 30.3 Å². The molecule has 5 rings (SSSR count). The fraction of sp³-hybridized carbons (Fsp3) is 0.143. The number of amides is 1. The van der Waals surface area contributed by atoms with E-state index in [4.69, 9.17) is 14.7 Å². The molecule has 46 heavy (non-hydrogen) atoms. The third kappa shape index (κ3) is 9.14. The number of nitriles is 1. The van der Waals surface area contributed by atoms with Gasteiger partial charge in [0.25, 0.3) is 0 Å². The molecule has 0 saturated carbocycles.